The fraction of sp³-hybridized carbons (Fsp3) is 0.379. The van der Waals surface area contributed by atoms with Crippen LogP contribution in [0.25, 0.3) is 0 Å². The van der Waals surface area contributed by atoms with E-state index in [1.165, 1.54) is 97.3 Å². The average Bonchev–Trinajstić information content (AvgIpc) is 0.844. The fourth-order valence-electron chi connectivity index (χ4n) is 7.87. The largest absolute Gasteiger partial charge is 0.495 e. The van der Waals surface area contributed by atoms with E-state index in [-0.39, 0.29) is 105 Å². The molecular weight excluding hydrogens is 1270 g/mol. The fourth-order valence-corrected chi connectivity index (χ4v) is 9.18. The maximum Gasteiger partial charge on any atom is 0.423 e. The molecule has 0 saturated heterocycles. The summed E-state index contributed by atoms with van der Waals surface area (Å²) in [6.07, 6.45) is 0.0633. The number of ether oxygens (including phenoxy) is 10. The Balaban J connectivity index is 0.000000343. The number of anilines is 5. The van der Waals surface area contributed by atoms with Gasteiger partial charge in [0.15, 0.2) is 0 Å². The molecule has 5 amide bonds. The third-order valence-electron chi connectivity index (χ3n) is 12.2. The Morgan fingerprint density at radius 2 is 1.00 bits per heavy atom. The molecule has 2 aromatic heterocycles. The van der Waals surface area contributed by atoms with Crippen LogP contribution in [0.3, 0.4) is 0 Å². The number of methoxy groups -OCH3 is 6. The van der Waals surface area contributed by atoms with Gasteiger partial charge in [-0.1, -0.05) is 46.4 Å². The number of carbonyl (C=O) groups excluding carboxylic acids is 4. The van der Waals surface area contributed by atoms with Crippen LogP contribution in [0.15, 0.2) is 73.3 Å². The third-order valence-corrected chi connectivity index (χ3v) is 13.7. The number of likely N-dealkylation sites (N-methyl/N-ethyl adjacent to an activating group) is 1. The van der Waals surface area contributed by atoms with E-state index in [4.69, 9.17) is 93.8 Å². The molecule has 0 radical (unpaired) electrons. The molecule has 0 aliphatic heterocycles. The van der Waals surface area contributed by atoms with Gasteiger partial charge in [0.05, 0.1) is 85.8 Å². The molecule has 0 aliphatic rings. The van der Waals surface area contributed by atoms with Gasteiger partial charge < -0.3 is 47.4 Å². The first-order valence-corrected chi connectivity index (χ1v) is 28.2. The Kier molecular flexibility index (Phi) is 25.7. The van der Waals surface area contributed by atoms with Crippen LogP contribution in [-0.4, -0.2) is 148 Å². The van der Waals surface area contributed by atoms with E-state index in [1.54, 1.807) is 66.8 Å². The van der Waals surface area contributed by atoms with Gasteiger partial charge >= 0.3 is 18.2 Å². The maximum absolute atomic E-state index is 14.3. The lowest BCUT2D eigenvalue weighted by Gasteiger charge is -2.31. The lowest BCUT2D eigenvalue weighted by atomic mass is 10.1. The average molecular weight is 1330 g/mol. The number of nitro benzene ring substituents is 2. The van der Waals surface area contributed by atoms with Crippen molar-refractivity contribution in [3.63, 3.8) is 0 Å². The van der Waals surface area contributed by atoms with Crippen LogP contribution in [0.5, 0.6) is 34.5 Å². The number of aromatic nitrogens is 4. The van der Waals surface area contributed by atoms with E-state index in [1.807, 2.05) is 0 Å². The number of amides is 5. The highest BCUT2D eigenvalue weighted by Gasteiger charge is 2.38. The van der Waals surface area contributed by atoms with Crippen LogP contribution >= 0.6 is 46.4 Å². The molecule has 0 fully saturated rings. The van der Waals surface area contributed by atoms with Crippen LogP contribution in [0.4, 0.5) is 54.6 Å². The molecule has 0 N–H and O–H groups in total. The topological polar surface area (TPSA) is 311 Å². The first-order valence-electron chi connectivity index (χ1n) is 26.7. The van der Waals surface area contributed by atoms with Gasteiger partial charge in [-0.3, -0.25) is 34.8 Å². The number of hydrogen-bond acceptors (Lipinski definition) is 22. The molecule has 28 nitrogen and oxygen atoms in total. The smallest absolute Gasteiger partial charge is 0.423 e. The first kappa shape index (κ1) is 71.9. The number of hydrogen-bond donors (Lipinski definition) is 0. The highest BCUT2D eigenvalue weighted by Crippen LogP contribution is 2.47. The number of halogens is 4. The molecule has 6 aromatic rings. The van der Waals surface area contributed by atoms with E-state index < -0.39 is 45.0 Å². The minimum Gasteiger partial charge on any atom is -0.495 e. The molecule has 484 valence electrons. The minimum absolute atomic E-state index is 0.0240. The predicted molar refractivity (Wildman–Crippen MR) is 335 cm³/mol. The van der Waals surface area contributed by atoms with Crippen LogP contribution in [0, 0.1) is 20.2 Å². The van der Waals surface area contributed by atoms with E-state index >= 15 is 0 Å². The summed E-state index contributed by atoms with van der Waals surface area (Å²) in [5.41, 5.74) is -2.07. The summed E-state index contributed by atoms with van der Waals surface area (Å²) in [4.78, 5) is 98.1. The van der Waals surface area contributed by atoms with Crippen LogP contribution < -0.4 is 48.0 Å². The second-order valence-corrected chi connectivity index (χ2v) is 22.2. The van der Waals surface area contributed by atoms with Crippen molar-refractivity contribution in [3.8, 4) is 34.5 Å². The van der Waals surface area contributed by atoms with Crippen molar-refractivity contribution in [2.24, 2.45) is 0 Å². The summed E-state index contributed by atoms with van der Waals surface area (Å²) >= 11 is 26.1. The van der Waals surface area contributed by atoms with E-state index in [0.717, 1.165) is 22.2 Å². The van der Waals surface area contributed by atoms with Gasteiger partial charge in [-0.25, -0.2) is 39.2 Å². The molecule has 90 heavy (non-hydrogen) atoms. The van der Waals surface area contributed by atoms with Crippen LogP contribution in [-0.2, 0) is 36.6 Å². The van der Waals surface area contributed by atoms with Gasteiger partial charge in [0.2, 0.25) is 5.91 Å². The third kappa shape index (κ3) is 18.6. The number of nitrogens with zero attached hydrogens (tertiary/aromatic N) is 10. The van der Waals surface area contributed by atoms with Crippen LogP contribution in [0.2, 0.25) is 20.1 Å². The summed E-state index contributed by atoms with van der Waals surface area (Å²) in [6.45, 7) is 10.6. The minimum atomic E-state index is -1.17. The second kappa shape index (κ2) is 32.1. The first-order chi connectivity index (χ1) is 42.4. The molecular formula is C58H66Cl4N10O18. The number of nitro groups is 2. The summed E-state index contributed by atoms with van der Waals surface area (Å²) in [6, 6.07) is 13.0. The molecule has 0 bridgehead atoms. The summed E-state index contributed by atoms with van der Waals surface area (Å²) in [5.74, 6) is 0.698. The van der Waals surface area contributed by atoms with Crippen LogP contribution in [0.1, 0.15) is 58.4 Å². The Labute approximate surface area is 537 Å². The molecule has 0 aliphatic carbocycles. The van der Waals surface area contributed by atoms with E-state index in [0.29, 0.717) is 51.4 Å². The monoisotopic (exact) mass is 1330 g/mol. The van der Waals surface area contributed by atoms with Crippen molar-refractivity contribution in [2.45, 2.75) is 65.6 Å². The lowest BCUT2D eigenvalue weighted by Crippen LogP contribution is -2.47. The summed E-state index contributed by atoms with van der Waals surface area (Å²) < 4.78 is 53.3. The van der Waals surface area contributed by atoms with Crippen molar-refractivity contribution in [1.82, 2.24) is 19.9 Å². The van der Waals surface area contributed by atoms with Gasteiger partial charge in [-0.05, 0) is 65.8 Å². The zero-order valence-corrected chi connectivity index (χ0v) is 54.5. The maximum atomic E-state index is 14.3. The number of carbonyl (C=O) groups is 4. The molecule has 4 aromatic carbocycles. The van der Waals surface area contributed by atoms with Gasteiger partial charge in [-0.15, -0.1) is 0 Å². The highest BCUT2D eigenvalue weighted by molar-refractivity contribution is 6.43. The van der Waals surface area contributed by atoms with Gasteiger partial charge in [0.1, 0.15) is 110 Å². The Hall–Kier alpha value is -8.80. The molecule has 32 heteroatoms. The number of imide groups is 1. The van der Waals surface area contributed by atoms with Crippen molar-refractivity contribution in [1.29, 1.82) is 0 Å². The number of urea groups is 1. The van der Waals surface area contributed by atoms with Crippen molar-refractivity contribution in [3.05, 3.63) is 130 Å². The van der Waals surface area contributed by atoms with Gasteiger partial charge in [0.25, 0.3) is 11.4 Å². The molecule has 0 saturated carbocycles. The standard InChI is InChI=1S/C33H40Cl2N6O11.C25H26Cl2N4O7/c1-32(2,3)51-30(43)39(20-12-11-19(50-14-13-47-8)15-21(20)41(45)46)25-17-24(36-18-37-25)38(7)29(42)40(31(44)52-33(4,5)6)28-26(34)22(48-9)16-23(49-10)27(28)35;1-30(23(32)12-18-24(26)20(36-3)13-21(37-4)25(18)27)22-10-16(28-14-29-22)9-15-5-6-17(38-8-7-35-2)11-19(15)31(33)34/h11-12,15-18H,13-14H2,1-10H3;5-6,10-11,13-14H,7-9,12H2,1-4H3. The Morgan fingerprint density at radius 3 is 1.49 bits per heavy atom. The lowest BCUT2D eigenvalue weighted by molar-refractivity contribution is -0.385. The zero-order valence-electron chi connectivity index (χ0n) is 51.5. The van der Waals surface area contributed by atoms with E-state index in [9.17, 15) is 39.4 Å². The molecule has 0 atom stereocenters. The quantitative estimate of drug-likeness (QED) is 0.0327. The summed E-state index contributed by atoms with van der Waals surface area (Å²) in [7, 11) is 11.3. The van der Waals surface area contributed by atoms with E-state index in [2.05, 4.69) is 19.9 Å². The van der Waals surface area contributed by atoms with Crippen molar-refractivity contribution >= 4 is 111 Å². The Morgan fingerprint density at radius 1 is 0.544 bits per heavy atom. The highest BCUT2D eigenvalue weighted by atomic mass is 35.5. The van der Waals surface area contributed by atoms with Gasteiger partial charge in [0, 0.05) is 70.1 Å². The van der Waals surface area contributed by atoms with Crippen molar-refractivity contribution in [2.75, 3.05) is 103 Å². The summed E-state index contributed by atoms with van der Waals surface area (Å²) in [5, 5.41) is 23.9. The molecule has 6 rings (SSSR count). The zero-order chi connectivity index (χ0) is 66.9. The SMILES string of the molecule is COCCOc1ccc(Cc2cc(N(C)C(=O)Cc3c(Cl)c(OC)cc(OC)c3Cl)ncn2)c([N+](=O)[O-])c1.COCCOc1ccc(N(C(=O)OC(C)(C)C)c2cc(N(C)C(=O)N(C(=O)OC(C)(C)C)c3c(Cl)c(OC)cc(OC)c3Cl)ncn2)c([N+](=O)[O-])c1. The number of benzene rings is 4. The number of rotatable bonds is 23. The second-order valence-electron chi connectivity index (χ2n) is 20.7. The normalized spacial score (nSPS) is 11.0. The van der Waals surface area contributed by atoms with Gasteiger partial charge in [-0.2, -0.15) is 4.90 Å². The molecule has 2 heterocycles. The Bertz CT molecular complexity index is 3540. The molecule has 0 spiro atoms. The van der Waals surface area contributed by atoms with Crippen molar-refractivity contribution < 1.29 is 76.4 Å². The molecule has 0 unspecified atom stereocenters. The predicted octanol–water partition coefficient (Wildman–Crippen LogP) is 12.3.